The largest absolute Gasteiger partial charge is 0.378 e. The van der Waals surface area contributed by atoms with E-state index in [4.69, 9.17) is 5.73 Å². The van der Waals surface area contributed by atoms with Crippen molar-refractivity contribution in [1.29, 1.82) is 0 Å². The van der Waals surface area contributed by atoms with Gasteiger partial charge in [-0.25, -0.2) is 0 Å². The van der Waals surface area contributed by atoms with Crippen molar-refractivity contribution in [2.75, 3.05) is 39.1 Å². The molecule has 108 valence electrons. The van der Waals surface area contributed by atoms with Crippen molar-refractivity contribution < 1.29 is 0 Å². The Hall–Kier alpha value is -1.85. The van der Waals surface area contributed by atoms with E-state index in [0.29, 0.717) is 6.54 Å². The molecular formula is C15H23N5. The summed E-state index contributed by atoms with van der Waals surface area (Å²) in [5, 5.41) is 7.37. The molecule has 0 spiro atoms. The molecule has 0 aliphatic rings. The Kier molecular flexibility index (Phi) is 4.76. The molecular weight excluding hydrogens is 250 g/mol. The number of benzene rings is 1. The normalized spacial score (nSPS) is 11.1. The standard InChI is InChI=1S/C15H23N5/c1-19(2)14-6-4-5-12(9-14)15-13(10-17-18-15)11-20(3)8-7-16/h4-6,9-10H,7-8,11,16H2,1-3H3,(H,17,18). The van der Waals surface area contributed by atoms with Crippen molar-refractivity contribution in [3.8, 4) is 11.3 Å². The van der Waals surface area contributed by atoms with Gasteiger partial charge in [0.05, 0.1) is 5.69 Å². The molecule has 0 aliphatic carbocycles. The number of rotatable bonds is 6. The van der Waals surface area contributed by atoms with Gasteiger partial charge in [0.1, 0.15) is 0 Å². The minimum atomic E-state index is 0.666. The predicted molar refractivity (Wildman–Crippen MR) is 83.7 cm³/mol. The Morgan fingerprint density at radius 2 is 2.05 bits per heavy atom. The Labute approximate surface area is 120 Å². The van der Waals surface area contributed by atoms with Crippen LogP contribution in [-0.2, 0) is 6.54 Å². The van der Waals surface area contributed by atoms with Gasteiger partial charge in [-0.2, -0.15) is 5.10 Å². The number of nitrogens with one attached hydrogen (secondary N) is 1. The second-order valence-corrected chi connectivity index (χ2v) is 5.23. The van der Waals surface area contributed by atoms with E-state index < -0.39 is 0 Å². The molecule has 0 bridgehead atoms. The number of hydrogen-bond donors (Lipinski definition) is 2. The molecule has 0 radical (unpaired) electrons. The van der Waals surface area contributed by atoms with Crippen molar-refractivity contribution in [2.45, 2.75) is 6.54 Å². The molecule has 2 aromatic rings. The van der Waals surface area contributed by atoms with Crippen LogP contribution in [0.15, 0.2) is 30.5 Å². The van der Waals surface area contributed by atoms with Gasteiger partial charge in [-0.3, -0.25) is 5.10 Å². The molecule has 0 saturated heterocycles. The van der Waals surface area contributed by atoms with Crippen LogP contribution in [0.5, 0.6) is 0 Å². The molecule has 0 amide bonds. The van der Waals surface area contributed by atoms with Crippen molar-refractivity contribution in [3.05, 3.63) is 36.0 Å². The molecule has 2 rings (SSSR count). The first-order valence-electron chi connectivity index (χ1n) is 6.81. The first-order valence-corrected chi connectivity index (χ1v) is 6.81. The summed E-state index contributed by atoms with van der Waals surface area (Å²) >= 11 is 0. The highest BCUT2D eigenvalue weighted by Gasteiger charge is 2.11. The van der Waals surface area contributed by atoms with E-state index >= 15 is 0 Å². The number of hydrogen-bond acceptors (Lipinski definition) is 4. The summed E-state index contributed by atoms with van der Waals surface area (Å²) in [6.45, 7) is 2.39. The second-order valence-electron chi connectivity index (χ2n) is 5.23. The van der Waals surface area contributed by atoms with Crippen LogP contribution in [0.1, 0.15) is 5.56 Å². The van der Waals surface area contributed by atoms with Crippen LogP contribution < -0.4 is 10.6 Å². The third-order valence-corrected chi connectivity index (χ3v) is 3.31. The average Bonchev–Trinajstić information content (AvgIpc) is 2.87. The van der Waals surface area contributed by atoms with E-state index in [1.165, 1.54) is 11.3 Å². The predicted octanol–water partition coefficient (Wildman–Crippen LogP) is 1.53. The van der Waals surface area contributed by atoms with Gasteiger partial charge in [0.2, 0.25) is 0 Å². The SMILES string of the molecule is CN(CCN)Cc1c[nH]nc1-c1cccc(N(C)C)c1. The molecule has 5 nitrogen and oxygen atoms in total. The second kappa shape index (κ2) is 6.54. The lowest BCUT2D eigenvalue weighted by Crippen LogP contribution is -2.25. The van der Waals surface area contributed by atoms with Gasteiger partial charge in [0.15, 0.2) is 0 Å². The van der Waals surface area contributed by atoms with Crippen LogP contribution in [0.4, 0.5) is 5.69 Å². The van der Waals surface area contributed by atoms with Crippen molar-refractivity contribution in [2.24, 2.45) is 5.73 Å². The van der Waals surface area contributed by atoms with Crippen LogP contribution in [0.3, 0.4) is 0 Å². The van der Waals surface area contributed by atoms with Crippen LogP contribution >= 0.6 is 0 Å². The summed E-state index contributed by atoms with van der Waals surface area (Å²) in [5.41, 5.74) is 10.1. The van der Waals surface area contributed by atoms with Gasteiger partial charge < -0.3 is 15.5 Å². The lowest BCUT2D eigenvalue weighted by atomic mass is 10.1. The average molecular weight is 273 g/mol. The fourth-order valence-corrected chi connectivity index (χ4v) is 2.21. The van der Waals surface area contributed by atoms with Gasteiger partial charge >= 0.3 is 0 Å². The number of anilines is 1. The minimum Gasteiger partial charge on any atom is -0.378 e. The zero-order valence-electron chi connectivity index (χ0n) is 12.4. The van der Waals surface area contributed by atoms with E-state index in [0.717, 1.165) is 24.3 Å². The highest BCUT2D eigenvalue weighted by molar-refractivity contribution is 5.67. The summed E-state index contributed by atoms with van der Waals surface area (Å²) in [4.78, 5) is 4.29. The lowest BCUT2D eigenvalue weighted by Gasteiger charge is -2.16. The van der Waals surface area contributed by atoms with E-state index in [-0.39, 0.29) is 0 Å². The first kappa shape index (κ1) is 14.6. The molecule has 5 heteroatoms. The molecule has 0 unspecified atom stereocenters. The van der Waals surface area contributed by atoms with Crippen LogP contribution in [0.25, 0.3) is 11.3 Å². The minimum absolute atomic E-state index is 0.666. The Morgan fingerprint density at radius 3 is 2.75 bits per heavy atom. The Bertz CT molecular complexity index is 547. The summed E-state index contributed by atoms with van der Waals surface area (Å²) < 4.78 is 0. The highest BCUT2D eigenvalue weighted by atomic mass is 15.1. The molecule has 0 fully saturated rings. The van der Waals surface area contributed by atoms with Gasteiger partial charge in [-0.05, 0) is 19.2 Å². The Balaban J connectivity index is 2.25. The smallest absolute Gasteiger partial charge is 0.0966 e. The van der Waals surface area contributed by atoms with Gasteiger partial charge in [0.25, 0.3) is 0 Å². The summed E-state index contributed by atoms with van der Waals surface area (Å²) in [7, 11) is 6.15. The first-order chi connectivity index (χ1) is 9.61. The number of nitrogens with two attached hydrogens (primary N) is 1. The molecule has 20 heavy (non-hydrogen) atoms. The number of nitrogens with zero attached hydrogens (tertiary/aromatic N) is 3. The maximum atomic E-state index is 5.59. The zero-order chi connectivity index (χ0) is 14.5. The number of aromatic amines is 1. The number of likely N-dealkylation sites (N-methyl/N-ethyl adjacent to an activating group) is 1. The molecule has 1 heterocycles. The lowest BCUT2D eigenvalue weighted by molar-refractivity contribution is 0.337. The van der Waals surface area contributed by atoms with E-state index in [1.807, 2.05) is 20.3 Å². The van der Waals surface area contributed by atoms with Gasteiger partial charge in [-0.1, -0.05) is 12.1 Å². The summed E-state index contributed by atoms with van der Waals surface area (Å²) in [6.07, 6.45) is 1.96. The van der Waals surface area contributed by atoms with E-state index in [1.54, 1.807) is 0 Å². The quantitative estimate of drug-likeness (QED) is 0.838. The van der Waals surface area contributed by atoms with E-state index in [9.17, 15) is 0 Å². The molecule has 0 aliphatic heterocycles. The maximum Gasteiger partial charge on any atom is 0.0966 e. The molecule has 0 saturated carbocycles. The molecule has 3 N–H and O–H groups in total. The highest BCUT2D eigenvalue weighted by Crippen LogP contribution is 2.25. The van der Waals surface area contributed by atoms with Crippen LogP contribution in [0.2, 0.25) is 0 Å². The molecule has 1 aromatic carbocycles. The number of aromatic nitrogens is 2. The van der Waals surface area contributed by atoms with Crippen molar-refractivity contribution in [1.82, 2.24) is 15.1 Å². The molecule has 0 atom stereocenters. The summed E-state index contributed by atoms with van der Waals surface area (Å²) in [5.74, 6) is 0. The third-order valence-electron chi connectivity index (χ3n) is 3.31. The van der Waals surface area contributed by atoms with Gasteiger partial charge in [-0.15, -0.1) is 0 Å². The zero-order valence-corrected chi connectivity index (χ0v) is 12.4. The summed E-state index contributed by atoms with van der Waals surface area (Å²) in [6, 6.07) is 8.40. The number of H-pyrrole nitrogens is 1. The van der Waals surface area contributed by atoms with E-state index in [2.05, 4.69) is 51.3 Å². The molecule has 1 aromatic heterocycles. The van der Waals surface area contributed by atoms with Crippen LogP contribution in [-0.4, -0.2) is 49.3 Å². The van der Waals surface area contributed by atoms with Gasteiger partial charge in [0, 0.05) is 56.7 Å². The fraction of sp³-hybridized carbons (Fsp3) is 0.400. The van der Waals surface area contributed by atoms with Crippen molar-refractivity contribution in [3.63, 3.8) is 0 Å². The van der Waals surface area contributed by atoms with Crippen molar-refractivity contribution >= 4 is 5.69 Å². The Morgan fingerprint density at radius 1 is 1.25 bits per heavy atom. The fourth-order valence-electron chi connectivity index (χ4n) is 2.21. The topological polar surface area (TPSA) is 61.2 Å². The maximum absolute atomic E-state index is 5.59. The monoisotopic (exact) mass is 273 g/mol. The van der Waals surface area contributed by atoms with Crippen LogP contribution in [0, 0.1) is 0 Å². The third kappa shape index (κ3) is 3.37.